The van der Waals surface area contributed by atoms with Crippen LogP contribution in [0, 0.1) is 19.8 Å². The summed E-state index contributed by atoms with van der Waals surface area (Å²) in [5, 5.41) is 6.01. The van der Waals surface area contributed by atoms with Crippen LogP contribution >= 0.6 is 11.8 Å². The lowest BCUT2D eigenvalue weighted by Gasteiger charge is -2.39. The van der Waals surface area contributed by atoms with Gasteiger partial charge in [-0.25, -0.2) is 4.79 Å². The minimum Gasteiger partial charge on any atom is -0.444 e. The Hall–Kier alpha value is -2.22. The molecule has 0 radical (unpaired) electrons. The Morgan fingerprint density at radius 1 is 0.950 bits per heavy atom. The molecule has 0 bridgehead atoms. The van der Waals surface area contributed by atoms with Crippen LogP contribution in [-0.4, -0.2) is 58.5 Å². The van der Waals surface area contributed by atoms with Gasteiger partial charge in [-0.1, -0.05) is 45.4 Å². The fourth-order valence-electron chi connectivity index (χ4n) is 4.64. The van der Waals surface area contributed by atoms with Crippen LogP contribution in [0.1, 0.15) is 110 Å². The molecule has 4 unspecified atom stereocenters. The fourth-order valence-corrected chi connectivity index (χ4v) is 5.11. The molecule has 0 aliphatic rings. The normalized spacial score (nSPS) is 14.7. The van der Waals surface area contributed by atoms with E-state index in [4.69, 9.17) is 4.74 Å². The smallest absolute Gasteiger partial charge is 0.408 e. The number of nitrogens with zero attached hydrogens (tertiary/aromatic N) is 1. The van der Waals surface area contributed by atoms with E-state index in [1.165, 1.54) is 0 Å². The number of carbonyl (C=O) groups is 3. The zero-order valence-corrected chi connectivity index (χ0v) is 27.7. The van der Waals surface area contributed by atoms with Gasteiger partial charge in [0.2, 0.25) is 11.8 Å². The van der Waals surface area contributed by atoms with Crippen LogP contribution in [0.15, 0.2) is 18.2 Å². The molecule has 1 rings (SSSR count). The van der Waals surface area contributed by atoms with E-state index < -0.39 is 23.8 Å². The van der Waals surface area contributed by atoms with E-state index in [9.17, 15) is 14.4 Å². The molecule has 228 valence electrons. The van der Waals surface area contributed by atoms with Crippen LogP contribution in [0.25, 0.3) is 0 Å². The number of hydrogen-bond donors (Lipinski definition) is 2. The van der Waals surface area contributed by atoms with Gasteiger partial charge in [-0.2, -0.15) is 11.8 Å². The van der Waals surface area contributed by atoms with Crippen LogP contribution in [0.4, 0.5) is 4.79 Å². The summed E-state index contributed by atoms with van der Waals surface area (Å²) in [4.78, 5) is 43.1. The minimum absolute atomic E-state index is 0.0263. The van der Waals surface area contributed by atoms with Crippen molar-refractivity contribution in [2.75, 3.05) is 12.0 Å². The molecule has 0 aliphatic carbocycles. The summed E-state index contributed by atoms with van der Waals surface area (Å²) in [7, 11) is 0. The second kappa shape index (κ2) is 16.9. The Morgan fingerprint density at radius 2 is 1.60 bits per heavy atom. The zero-order chi connectivity index (χ0) is 30.6. The summed E-state index contributed by atoms with van der Waals surface area (Å²) in [5.74, 6) is 0.659. The average molecular weight is 578 g/mol. The molecule has 0 saturated heterocycles. The number of amides is 3. The SMILES string of the molecule is CCCC(C)NC(=O)C(c1ccc(C)c(C)c1)N(C(=O)C(CCSC)NC(=O)OC(C)(C)C)C(C)CCC(C)C. The first kappa shape index (κ1) is 35.8. The molecule has 40 heavy (non-hydrogen) atoms. The molecule has 0 aliphatic heterocycles. The number of thioether (sulfide) groups is 1. The van der Waals surface area contributed by atoms with Gasteiger partial charge >= 0.3 is 6.09 Å². The highest BCUT2D eigenvalue weighted by Gasteiger charge is 2.39. The lowest BCUT2D eigenvalue weighted by molar-refractivity contribution is -0.145. The summed E-state index contributed by atoms with van der Waals surface area (Å²) in [5.41, 5.74) is 2.26. The van der Waals surface area contributed by atoms with Gasteiger partial charge in [0.15, 0.2) is 0 Å². The van der Waals surface area contributed by atoms with E-state index in [0.29, 0.717) is 18.1 Å². The molecule has 0 spiro atoms. The average Bonchev–Trinajstić information content (AvgIpc) is 2.83. The third-order valence-corrected chi connectivity index (χ3v) is 7.62. The highest BCUT2D eigenvalue weighted by Crippen LogP contribution is 2.29. The largest absolute Gasteiger partial charge is 0.444 e. The molecule has 4 atom stereocenters. The van der Waals surface area contributed by atoms with Crippen LogP contribution in [0.3, 0.4) is 0 Å². The number of ether oxygens (including phenoxy) is 1. The van der Waals surface area contributed by atoms with Gasteiger partial charge in [0.05, 0.1) is 0 Å². The quantitative estimate of drug-likeness (QED) is 0.236. The Balaban J connectivity index is 3.67. The molecule has 0 fully saturated rings. The highest BCUT2D eigenvalue weighted by atomic mass is 32.2. The van der Waals surface area contributed by atoms with Crippen LogP contribution in [-0.2, 0) is 14.3 Å². The molecule has 3 amide bonds. The van der Waals surface area contributed by atoms with Crippen molar-refractivity contribution >= 4 is 29.7 Å². The third-order valence-electron chi connectivity index (χ3n) is 6.97. The zero-order valence-electron chi connectivity index (χ0n) is 26.8. The second-order valence-electron chi connectivity index (χ2n) is 12.5. The molecule has 8 heteroatoms. The van der Waals surface area contributed by atoms with Crippen LogP contribution < -0.4 is 10.6 Å². The third kappa shape index (κ3) is 12.1. The number of carbonyl (C=O) groups excluding carboxylic acids is 3. The van der Waals surface area contributed by atoms with Crippen LogP contribution in [0.5, 0.6) is 0 Å². The molecule has 0 aromatic heterocycles. The lowest BCUT2D eigenvalue weighted by Crippen LogP contribution is -2.56. The number of nitrogens with one attached hydrogen (secondary N) is 2. The van der Waals surface area contributed by atoms with E-state index in [2.05, 4.69) is 31.4 Å². The van der Waals surface area contributed by atoms with Crippen molar-refractivity contribution in [1.29, 1.82) is 0 Å². The maximum atomic E-state index is 14.5. The molecule has 0 saturated carbocycles. The molecule has 1 aromatic carbocycles. The predicted octanol–water partition coefficient (Wildman–Crippen LogP) is 6.95. The maximum absolute atomic E-state index is 14.5. The molecule has 1 aromatic rings. The second-order valence-corrected chi connectivity index (χ2v) is 13.5. The van der Waals surface area contributed by atoms with E-state index in [1.54, 1.807) is 37.4 Å². The van der Waals surface area contributed by atoms with Crippen molar-refractivity contribution in [3.8, 4) is 0 Å². The summed E-state index contributed by atoms with van der Waals surface area (Å²) in [6.07, 6.45) is 5.21. The van der Waals surface area contributed by atoms with Crippen LogP contribution in [0.2, 0.25) is 0 Å². The first-order valence-corrected chi connectivity index (χ1v) is 16.2. The lowest BCUT2D eigenvalue weighted by atomic mass is 9.94. The van der Waals surface area contributed by atoms with E-state index in [-0.39, 0.29) is 23.9 Å². The fraction of sp³-hybridized carbons (Fsp3) is 0.719. The van der Waals surface area contributed by atoms with Crippen molar-refractivity contribution in [2.45, 2.75) is 131 Å². The van der Waals surface area contributed by atoms with Crippen molar-refractivity contribution in [1.82, 2.24) is 15.5 Å². The topological polar surface area (TPSA) is 87.7 Å². The Morgan fingerprint density at radius 3 is 2.12 bits per heavy atom. The standard InChI is InChI=1S/C32H55N3O4S/c1-12-13-24(6)33-29(36)28(26-17-15-22(4)23(5)20-26)35(25(7)16-14-21(2)3)30(37)27(18-19-40-11)34-31(38)39-32(8,9)10/h15,17,20-21,24-25,27-28H,12-14,16,18-19H2,1-11H3,(H,33,36)(H,34,38). The van der Waals surface area contributed by atoms with Gasteiger partial charge in [0, 0.05) is 12.1 Å². The number of alkyl carbamates (subject to hydrolysis) is 1. The first-order chi connectivity index (χ1) is 18.6. The molecule has 7 nitrogen and oxygen atoms in total. The minimum atomic E-state index is -0.828. The van der Waals surface area contributed by atoms with Gasteiger partial charge in [0.1, 0.15) is 17.7 Å². The number of hydrogen-bond acceptors (Lipinski definition) is 5. The molecule has 0 heterocycles. The predicted molar refractivity (Wildman–Crippen MR) is 168 cm³/mol. The maximum Gasteiger partial charge on any atom is 0.408 e. The monoisotopic (exact) mass is 577 g/mol. The van der Waals surface area contributed by atoms with Gasteiger partial charge in [-0.3, -0.25) is 9.59 Å². The summed E-state index contributed by atoms with van der Waals surface area (Å²) in [6, 6.07) is 4.06. The first-order valence-electron chi connectivity index (χ1n) is 14.8. The van der Waals surface area contributed by atoms with Gasteiger partial charge < -0.3 is 20.3 Å². The number of aryl methyl sites for hydroxylation is 2. The Labute approximate surface area is 248 Å². The summed E-state index contributed by atoms with van der Waals surface area (Å²) in [6.45, 7) is 19.9. The van der Waals surface area contributed by atoms with Gasteiger partial charge in [-0.15, -0.1) is 0 Å². The number of benzene rings is 1. The van der Waals surface area contributed by atoms with E-state index in [1.807, 2.05) is 52.1 Å². The molecular formula is C32H55N3O4S. The van der Waals surface area contributed by atoms with E-state index in [0.717, 1.165) is 42.4 Å². The van der Waals surface area contributed by atoms with Crippen molar-refractivity contribution in [3.63, 3.8) is 0 Å². The summed E-state index contributed by atoms with van der Waals surface area (Å²) >= 11 is 1.61. The Kier molecular flexibility index (Phi) is 15.1. The highest BCUT2D eigenvalue weighted by molar-refractivity contribution is 7.98. The molecule has 2 N–H and O–H groups in total. The van der Waals surface area contributed by atoms with Crippen molar-refractivity contribution < 1.29 is 19.1 Å². The Bertz CT molecular complexity index is 960. The molecular weight excluding hydrogens is 522 g/mol. The van der Waals surface area contributed by atoms with Crippen molar-refractivity contribution in [2.24, 2.45) is 5.92 Å². The summed E-state index contributed by atoms with van der Waals surface area (Å²) < 4.78 is 5.51. The van der Waals surface area contributed by atoms with E-state index >= 15 is 0 Å². The van der Waals surface area contributed by atoms with Gasteiger partial charge in [0.25, 0.3) is 0 Å². The number of rotatable bonds is 15. The van der Waals surface area contributed by atoms with Crippen molar-refractivity contribution in [3.05, 3.63) is 34.9 Å². The van der Waals surface area contributed by atoms with Gasteiger partial charge in [-0.05, 0) is 109 Å².